The number of rotatable bonds is 3. The van der Waals surface area contributed by atoms with Gasteiger partial charge in [-0.3, -0.25) is 14.8 Å². The summed E-state index contributed by atoms with van der Waals surface area (Å²) in [5.41, 5.74) is 2.78. The molecule has 1 atom stereocenters. The summed E-state index contributed by atoms with van der Waals surface area (Å²) >= 11 is 5.84. The van der Waals surface area contributed by atoms with E-state index < -0.39 is 12.0 Å². The Bertz CT molecular complexity index is 1020. The number of alkyl halides is 1. The molecule has 1 N–H and O–H groups in total. The molecule has 3 aromatic rings. The lowest BCUT2D eigenvalue weighted by Crippen LogP contribution is -2.32. The average Bonchev–Trinajstić information content (AvgIpc) is 2.67. The molecule has 4 nitrogen and oxygen atoms in total. The predicted molar refractivity (Wildman–Crippen MR) is 97.9 cm³/mol. The first-order chi connectivity index (χ1) is 13.0. The van der Waals surface area contributed by atoms with Crippen LogP contribution in [0.4, 0.5) is 8.78 Å². The highest BCUT2D eigenvalue weighted by atomic mass is 35.5. The van der Waals surface area contributed by atoms with E-state index in [-0.39, 0.29) is 16.5 Å². The van der Waals surface area contributed by atoms with E-state index in [9.17, 15) is 13.6 Å². The minimum Gasteiger partial charge on any atom is -0.352 e. The van der Waals surface area contributed by atoms with Crippen molar-refractivity contribution in [1.29, 1.82) is 0 Å². The average molecular weight is 386 g/mol. The number of nitrogens with zero attached hydrogens (tertiary/aromatic N) is 2. The Hall–Kier alpha value is -2.86. The molecule has 27 heavy (non-hydrogen) atoms. The molecule has 2 aromatic heterocycles. The molecular weight excluding hydrogens is 372 g/mol. The lowest BCUT2D eigenvalue weighted by molar-refractivity contribution is 0.0946. The van der Waals surface area contributed by atoms with Gasteiger partial charge in [-0.2, -0.15) is 0 Å². The van der Waals surface area contributed by atoms with Gasteiger partial charge in [-0.25, -0.2) is 8.78 Å². The molecular formula is C20H14ClF2N3O. The first-order valence-corrected chi connectivity index (χ1v) is 8.73. The molecule has 0 saturated carbocycles. The van der Waals surface area contributed by atoms with Crippen LogP contribution in [0.15, 0.2) is 48.8 Å². The summed E-state index contributed by atoms with van der Waals surface area (Å²) in [6, 6.07) is 8.38. The zero-order chi connectivity index (χ0) is 19.0. The van der Waals surface area contributed by atoms with Crippen molar-refractivity contribution >= 4 is 17.5 Å². The normalized spacial score (nSPS) is 14.4. The van der Waals surface area contributed by atoms with E-state index >= 15 is 0 Å². The molecule has 0 bridgehead atoms. The number of carbonyl (C=O) groups is 1. The Morgan fingerprint density at radius 3 is 2.70 bits per heavy atom. The molecule has 1 aromatic carbocycles. The molecule has 4 rings (SSSR count). The van der Waals surface area contributed by atoms with Gasteiger partial charge >= 0.3 is 0 Å². The molecule has 0 saturated heterocycles. The Morgan fingerprint density at radius 1 is 1.07 bits per heavy atom. The van der Waals surface area contributed by atoms with Crippen molar-refractivity contribution in [3.8, 4) is 11.4 Å². The number of benzene rings is 1. The maximum absolute atomic E-state index is 15.0. The second-order valence-electron chi connectivity index (χ2n) is 6.23. The van der Waals surface area contributed by atoms with Crippen LogP contribution in [0, 0.1) is 5.82 Å². The van der Waals surface area contributed by atoms with Crippen LogP contribution < -0.4 is 5.32 Å². The van der Waals surface area contributed by atoms with E-state index in [0.717, 1.165) is 17.7 Å². The van der Waals surface area contributed by atoms with Gasteiger partial charge in [0.2, 0.25) is 0 Å². The van der Waals surface area contributed by atoms with Crippen LogP contribution in [0.25, 0.3) is 11.4 Å². The van der Waals surface area contributed by atoms with Gasteiger partial charge in [0.05, 0.1) is 11.4 Å². The third-order valence-corrected chi connectivity index (χ3v) is 4.68. The molecule has 0 aliphatic carbocycles. The zero-order valence-corrected chi connectivity index (χ0v) is 14.8. The number of halogens is 3. The van der Waals surface area contributed by atoms with Crippen LogP contribution in [0.3, 0.4) is 0 Å². The summed E-state index contributed by atoms with van der Waals surface area (Å²) in [7, 11) is 0. The molecule has 3 heterocycles. The van der Waals surface area contributed by atoms with Crippen LogP contribution in [-0.2, 0) is 6.42 Å². The van der Waals surface area contributed by atoms with Crippen LogP contribution in [0.1, 0.15) is 33.2 Å². The van der Waals surface area contributed by atoms with Gasteiger partial charge in [0, 0.05) is 29.5 Å². The second-order valence-corrected chi connectivity index (χ2v) is 6.67. The predicted octanol–water partition coefficient (Wildman–Crippen LogP) is 4.28. The van der Waals surface area contributed by atoms with Crippen molar-refractivity contribution in [2.75, 3.05) is 6.54 Å². The van der Waals surface area contributed by atoms with E-state index in [2.05, 4.69) is 15.3 Å². The highest BCUT2D eigenvalue weighted by Gasteiger charge is 2.22. The number of hydrogen-bond acceptors (Lipinski definition) is 3. The Kier molecular flexibility index (Phi) is 4.58. The van der Waals surface area contributed by atoms with E-state index in [1.54, 1.807) is 12.1 Å². The van der Waals surface area contributed by atoms with Crippen LogP contribution >= 0.6 is 11.6 Å². The van der Waals surface area contributed by atoms with Gasteiger partial charge in [-0.15, -0.1) is 0 Å². The Morgan fingerprint density at radius 2 is 1.89 bits per heavy atom. The van der Waals surface area contributed by atoms with Gasteiger partial charge in [0.1, 0.15) is 5.82 Å². The van der Waals surface area contributed by atoms with Crippen molar-refractivity contribution in [3.63, 3.8) is 0 Å². The molecule has 1 unspecified atom stereocenters. The van der Waals surface area contributed by atoms with Crippen LogP contribution in [0.2, 0.25) is 5.02 Å². The summed E-state index contributed by atoms with van der Waals surface area (Å²) in [5, 5.41) is 2.91. The van der Waals surface area contributed by atoms with E-state index in [4.69, 9.17) is 11.6 Å². The molecule has 1 amide bonds. The molecule has 1 aliphatic rings. The van der Waals surface area contributed by atoms with Crippen LogP contribution in [-0.4, -0.2) is 22.4 Å². The molecule has 136 valence electrons. The number of fused-ring (bicyclic) bond motifs is 1. The number of carbonyl (C=O) groups excluding carboxylic acids is 1. The Balaban J connectivity index is 1.76. The number of nitrogens with one attached hydrogen (secondary N) is 1. The van der Waals surface area contributed by atoms with Crippen LogP contribution in [0.5, 0.6) is 0 Å². The second kappa shape index (κ2) is 7.04. The summed E-state index contributed by atoms with van der Waals surface area (Å²) < 4.78 is 28.5. The zero-order valence-electron chi connectivity index (χ0n) is 14.0. The third kappa shape index (κ3) is 3.40. The van der Waals surface area contributed by atoms with Crippen molar-refractivity contribution in [1.82, 2.24) is 15.3 Å². The maximum atomic E-state index is 15.0. The van der Waals surface area contributed by atoms with Gasteiger partial charge in [0.25, 0.3) is 5.91 Å². The third-order valence-electron chi connectivity index (χ3n) is 4.46. The number of hydrogen-bond donors (Lipinski definition) is 1. The number of amides is 1. The minimum absolute atomic E-state index is 0.125. The molecule has 0 fully saturated rings. The van der Waals surface area contributed by atoms with E-state index in [1.807, 2.05) is 0 Å². The van der Waals surface area contributed by atoms with Gasteiger partial charge in [-0.05, 0) is 59.5 Å². The van der Waals surface area contributed by atoms with E-state index in [0.29, 0.717) is 35.5 Å². The number of aromatic nitrogens is 2. The highest BCUT2D eigenvalue weighted by molar-refractivity contribution is 6.30. The van der Waals surface area contributed by atoms with Crippen molar-refractivity contribution < 1.29 is 13.6 Å². The Labute approximate surface area is 159 Å². The van der Waals surface area contributed by atoms with Gasteiger partial charge in [-0.1, -0.05) is 11.6 Å². The van der Waals surface area contributed by atoms with Crippen molar-refractivity contribution in [2.24, 2.45) is 0 Å². The van der Waals surface area contributed by atoms with Crippen molar-refractivity contribution in [2.45, 2.75) is 12.6 Å². The quantitative estimate of drug-likeness (QED) is 0.732. The molecule has 7 heteroatoms. The van der Waals surface area contributed by atoms with Gasteiger partial charge in [0.15, 0.2) is 6.17 Å². The first kappa shape index (κ1) is 17.5. The fourth-order valence-corrected chi connectivity index (χ4v) is 3.45. The fraction of sp³-hybridized carbons (Fsp3) is 0.150. The van der Waals surface area contributed by atoms with Crippen molar-refractivity contribution in [3.05, 3.63) is 81.9 Å². The lowest BCUT2D eigenvalue weighted by Gasteiger charge is -2.19. The largest absolute Gasteiger partial charge is 0.352 e. The molecule has 0 spiro atoms. The SMILES string of the molecule is O=C1NCCc2c1ccnc2-c1cc(C(F)c2cc(F)cc(Cl)c2)ccn1. The topological polar surface area (TPSA) is 54.9 Å². The summed E-state index contributed by atoms with van der Waals surface area (Å²) in [5.74, 6) is -0.756. The smallest absolute Gasteiger partial charge is 0.251 e. The summed E-state index contributed by atoms with van der Waals surface area (Å²) in [6.45, 7) is 0.512. The highest BCUT2D eigenvalue weighted by Crippen LogP contribution is 2.32. The minimum atomic E-state index is -1.57. The monoisotopic (exact) mass is 385 g/mol. The maximum Gasteiger partial charge on any atom is 0.251 e. The summed E-state index contributed by atoms with van der Waals surface area (Å²) in [4.78, 5) is 20.7. The molecule has 0 radical (unpaired) electrons. The van der Waals surface area contributed by atoms with E-state index in [1.165, 1.54) is 24.5 Å². The summed E-state index contributed by atoms with van der Waals surface area (Å²) in [6.07, 6.45) is 2.06. The van der Waals surface area contributed by atoms with Gasteiger partial charge < -0.3 is 5.32 Å². The standard InChI is InChI=1S/C20H14ClF2N3O/c21-13-7-12(8-14(22)10-13)18(23)11-1-4-24-17(9-11)19-15-2-6-26-20(27)16(15)3-5-25-19/h1,3-5,7-10,18H,2,6H2,(H,26,27). The first-order valence-electron chi connectivity index (χ1n) is 8.35. The lowest BCUT2D eigenvalue weighted by atomic mass is 9.96. The number of pyridine rings is 2. The fourth-order valence-electron chi connectivity index (χ4n) is 3.22. The molecule has 1 aliphatic heterocycles.